The van der Waals surface area contributed by atoms with E-state index in [2.05, 4.69) is 55.5 Å². The number of aromatic nitrogens is 1. The Kier molecular flexibility index (Phi) is 3.68. The maximum Gasteiger partial charge on any atom is 0.0483 e. The van der Waals surface area contributed by atoms with E-state index in [0.29, 0.717) is 0 Å². The lowest BCUT2D eigenvalue weighted by atomic mass is 10.1. The van der Waals surface area contributed by atoms with Gasteiger partial charge in [0.25, 0.3) is 0 Å². The molecule has 17 heavy (non-hydrogen) atoms. The number of hydrogen-bond acceptors (Lipinski definition) is 0. The third kappa shape index (κ3) is 2.28. The van der Waals surface area contributed by atoms with Crippen molar-refractivity contribution < 1.29 is 0 Å². The number of nitrogens with zero attached hydrogens (tertiary/aromatic N) is 1. The largest absolute Gasteiger partial charge is 0.347 e. The minimum atomic E-state index is 1.02. The Morgan fingerprint density at radius 2 is 2.24 bits per heavy atom. The Bertz CT molecular complexity index is 555. The van der Waals surface area contributed by atoms with Crippen LogP contribution in [0.5, 0.6) is 0 Å². The van der Waals surface area contributed by atoms with E-state index in [9.17, 15) is 0 Å². The Morgan fingerprint density at radius 3 is 2.94 bits per heavy atom. The lowest BCUT2D eigenvalue weighted by molar-refractivity contribution is 0.665. The average molecular weight is 227 g/mol. The van der Waals surface area contributed by atoms with E-state index < -0.39 is 0 Å². The quantitative estimate of drug-likeness (QED) is 0.745. The molecule has 1 heterocycles. The van der Waals surface area contributed by atoms with E-state index >= 15 is 0 Å². The molecule has 0 atom stereocenters. The van der Waals surface area contributed by atoms with E-state index in [0.717, 1.165) is 25.8 Å². The Hall–Kier alpha value is -1.50. The predicted molar refractivity (Wildman–Crippen MR) is 76.0 cm³/mol. The van der Waals surface area contributed by atoms with Gasteiger partial charge in [0, 0.05) is 28.9 Å². The molecule has 1 aromatic heterocycles. The van der Waals surface area contributed by atoms with Crippen LogP contribution in [0.1, 0.15) is 38.7 Å². The topological polar surface area (TPSA) is 4.93 Å². The van der Waals surface area contributed by atoms with Crippen LogP contribution < -0.4 is 10.6 Å². The fourth-order valence-electron chi connectivity index (χ4n) is 2.31. The molecule has 1 aliphatic rings. The zero-order valence-electron chi connectivity index (χ0n) is 10.9. The van der Waals surface area contributed by atoms with E-state index in [1.807, 2.05) is 0 Å². The van der Waals surface area contributed by atoms with Gasteiger partial charge in [-0.3, -0.25) is 0 Å². The number of fused-ring (bicyclic) bond motifs is 1. The number of allylic oxidation sites excluding steroid dienone is 3. The summed E-state index contributed by atoms with van der Waals surface area (Å²) in [7, 11) is 0. The number of hydrogen-bond donors (Lipinski definition) is 0. The van der Waals surface area contributed by atoms with Crippen molar-refractivity contribution in [3.63, 3.8) is 0 Å². The molecule has 0 aromatic carbocycles. The fraction of sp³-hybridized carbons (Fsp3) is 0.375. The molecule has 0 saturated heterocycles. The lowest BCUT2D eigenvalue weighted by Crippen LogP contribution is -2.29. The highest BCUT2D eigenvalue weighted by Gasteiger charge is 2.06. The average Bonchev–Trinajstić information content (AvgIpc) is 2.54. The minimum absolute atomic E-state index is 1.02. The van der Waals surface area contributed by atoms with E-state index in [4.69, 9.17) is 0 Å². The highest BCUT2D eigenvalue weighted by atomic mass is 14.9. The molecule has 2 rings (SSSR count). The van der Waals surface area contributed by atoms with Gasteiger partial charge in [0.05, 0.1) is 0 Å². The van der Waals surface area contributed by atoms with Crippen molar-refractivity contribution in [2.45, 2.75) is 39.7 Å². The van der Waals surface area contributed by atoms with Crippen molar-refractivity contribution in [3.8, 4) is 0 Å². The number of aryl methyl sites for hydroxylation is 1. The van der Waals surface area contributed by atoms with Crippen LogP contribution in [0.25, 0.3) is 17.7 Å². The van der Waals surface area contributed by atoms with Gasteiger partial charge < -0.3 is 4.57 Å². The molecule has 0 unspecified atom stereocenters. The van der Waals surface area contributed by atoms with Gasteiger partial charge in [-0.25, -0.2) is 0 Å². The van der Waals surface area contributed by atoms with Crippen LogP contribution in [0, 0.1) is 0 Å². The maximum atomic E-state index is 4.19. The smallest absolute Gasteiger partial charge is 0.0483 e. The van der Waals surface area contributed by atoms with Crippen LogP contribution in [0.2, 0.25) is 0 Å². The molecular formula is C16H21N. The molecule has 1 nitrogen and oxygen atoms in total. The predicted octanol–water partition coefficient (Wildman–Crippen LogP) is 2.84. The summed E-state index contributed by atoms with van der Waals surface area (Å²) in [6.07, 6.45) is 14.4. The first-order valence-electron chi connectivity index (χ1n) is 6.52. The normalized spacial score (nSPS) is 13.5. The Labute approximate surface area is 103 Å². The number of rotatable bonds is 4. The maximum absolute atomic E-state index is 4.19. The Balaban J connectivity index is 2.66. The van der Waals surface area contributed by atoms with Gasteiger partial charge in [-0.1, -0.05) is 38.7 Å². The monoisotopic (exact) mass is 227 g/mol. The highest BCUT2D eigenvalue weighted by Crippen LogP contribution is 2.11. The summed E-state index contributed by atoms with van der Waals surface area (Å²) in [5, 5.41) is 2.71. The van der Waals surface area contributed by atoms with Crippen LogP contribution in [-0.4, -0.2) is 4.57 Å². The minimum Gasteiger partial charge on any atom is -0.347 e. The summed E-state index contributed by atoms with van der Waals surface area (Å²) in [5.74, 6) is 0. The summed E-state index contributed by atoms with van der Waals surface area (Å²) < 4.78 is 2.36. The second kappa shape index (κ2) is 5.22. The molecule has 0 bridgehead atoms. The molecule has 0 saturated carbocycles. The second-order valence-corrected chi connectivity index (χ2v) is 4.53. The van der Waals surface area contributed by atoms with Crippen molar-refractivity contribution in [2.75, 3.05) is 0 Å². The fourth-order valence-corrected chi connectivity index (χ4v) is 2.31. The molecule has 0 spiro atoms. The van der Waals surface area contributed by atoms with Crippen molar-refractivity contribution in [1.82, 2.24) is 4.57 Å². The third-order valence-corrected chi connectivity index (χ3v) is 3.28. The van der Waals surface area contributed by atoms with Crippen LogP contribution in [0.15, 0.2) is 24.9 Å². The van der Waals surface area contributed by atoms with Crippen LogP contribution in [0.4, 0.5) is 0 Å². The van der Waals surface area contributed by atoms with Gasteiger partial charge in [0.15, 0.2) is 0 Å². The van der Waals surface area contributed by atoms with Gasteiger partial charge in [-0.05, 0) is 30.9 Å². The molecule has 0 fully saturated rings. The summed E-state index contributed by atoms with van der Waals surface area (Å²) in [5.41, 5.74) is 2.57. The van der Waals surface area contributed by atoms with E-state index in [1.165, 1.54) is 21.7 Å². The molecule has 1 heteroatoms. The molecule has 0 radical (unpaired) electrons. The molecule has 1 aliphatic carbocycles. The summed E-state index contributed by atoms with van der Waals surface area (Å²) in [6.45, 7) is 9.66. The summed E-state index contributed by atoms with van der Waals surface area (Å²) in [4.78, 5) is 0. The zero-order chi connectivity index (χ0) is 12.3. The van der Waals surface area contributed by atoms with Crippen LogP contribution in [0.3, 0.4) is 0 Å². The molecular weight excluding hydrogens is 206 g/mol. The third-order valence-electron chi connectivity index (χ3n) is 3.28. The lowest BCUT2D eigenvalue weighted by Gasteiger charge is -2.00. The van der Waals surface area contributed by atoms with E-state index in [-0.39, 0.29) is 0 Å². The van der Waals surface area contributed by atoms with Crippen molar-refractivity contribution in [1.29, 1.82) is 0 Å². The standard InChI is InChI=1S/C16H21N/c1-4-11-17-12-15(13(3)5-2)14-9-7-6-8-10-16(14)17/h6,8-10,12H,3-5,7,11H2,1-2H3. The van der Waals surface area contributed by atoms with Gasteiger partial charge >= 0.3 is 0 Å². The van der Waals surface area contributed by atoms with Crippen molar-refractivity contribution in [3.05, 3.63) is 41.1 Å². The summed E-state index contributed by atoms with van der Waals surface area (Å²) in [6, 6.07) is 0. The van der Waals surface area contributed by atoms with Crippen molar-refractivity contribution in [2.24, 2.45) is 0 Å². The van der Waals surface area contributed by atoms with Gasteiger partial charge in [-0.15, -0.1) is 0 Å². The molecule has 1 aromatic rings. The van der Waals surface area contributed by atoms with Crippen molar-refractivity contribution >= 4 is 17.7 Å². The molecule has 90 valence electrons. The van der Waals surface area contributed by atoms with Gasteiger partial charge in [-0.2, -0.15) is 0 Å². The van der Waals surface area contributed by atoms with E-state index in [1.54, 1.807) is 0 Å². The Morgan fingerprint density at radius 1 is 1.41 bits per heavy atom. The molecule has 0 N–H and O–H groups in total. The first-order chi connectivity index (χ1) is 8.27. The van der Waals surface area contributed by atoms with Gasteiger partial charge in [0.2, 0.25) is 0 Å². The highest BCUT2D eigenvalue weighted by molar-refractivity contribution is 5.65. The zero-order valence-corrected chi connectivity index (χ0v) is 10.9. The first kappa shape index (κ1) is 12.0. The second-order valence-electron chi connectivity index (χ2n) is 4.53. The SMILES string of the molecule is C=C(CC)c1cn(CCC)c2c1=CCC=CC=2. The van der Waals surface area contributed by atoms with Gasteiger partial charge in [0.1, 0.15) is 0 Å². The first-order valence-corrected chi connectivity index (χ1v) is 6.52. The van der Waals surface area contributed by atoms with Crippen LogP contribution >= 0.6 is 0 Å². The molecule has 0 amide bonds. The summed E-state index contributed by atoms with van der Waals surface area (Å²) >= 11 is 0. The molecule has 0 aliphatic heterocycles. The van der Waals surface area contributed by atoms with Crippen LogP contribution in [-0.2, 0) is 6.54 Å².